The Hall–Kier alpha value is -2.03. The third-order valence-electron chi connectivity index (χ3n) is 10.8. The molecule has 0 aliphatic carbocycles. The quantitative estimate of drug-likeness (QED) is 0.0212. The zero-order chi connectivity index (χ0) is 45.7. The highest BCUT2D eigenvalue weighted by Crippen LogP contribution is 2.43. The molecule has 0 aromatic rings. The molecule has 0 saturated heterocycles. The number of rotatable bonds is 46. The number of nitrogens with zero attached hydrogens (tertiary/aromatic N) is 1. The van der Waals surface area contributed by atoms with Crippen LogP contribution in [0.15, 0.2) is 48.6 Å². The summed E-state index contributed by atoms with van der Waals surface area (Å²) >= 11 is 0. The molecule has 0 radical (unpaired) electrons. The molecule has 1 unspecified atom stereocenters. The van der Waals surface area contributed by atoms with Gasteiger partial charge in [0.25, 0.3) is 0 Å². The van der Waals surface area contributed by atoms with E-state index in [4.69, 9.17) is 18.5 Å². The van der Waals surface area contributed by atoms with E-state index in [2.05, 4.69) is 62.5 Å². The summed E-state index contributed by atoms with van der Waals surface area (Å²) in [5.74, 6) is -0.804. The molecular formula is C52H97NO8P+. The summed E-state index contributed by atoms with van der Waals surface area (Å²) in [5.41, 5.74) is 0. The second-order valence-electron chi connectivity index (χ2n) is 18.2. The van der Waals surface area contributed by atoms with Gasteiger partial charge in [0.15, 0.2) is 6.10 Å². The van der Waals surface area contributed by atoms with E-state index >= 15 is 0 Å². The van der Waals surface area contributed by atoms with Crippen molar-refractivity contribution in [3.05, 3.63) is 48.6 Å². The zero-order valence-corrected chi connectivity index (χ0v) is 41.7. The number of phosphoric acid groups is 1. The highest BCUT2D eigenvalue weighted by Gasteiger charge is 2.27. The normalized spacial score (nSPS) is 13.8. The van der Waals surface area contributed by atoms with Gasteiger partial charge >= 0.3 is 19.8 Å². The Bertz CT molecular complexity index is 1190. The maximum Gasteiger partial charge on any atom is 0.472 e. The van der Waals surface area contributed by atoms with E-state index in [-0.39, 0.29) is 32.0 Å². The van der Waals surface area contributed by atoms with Crippen LogP contribution < -0.4 is 0 Å². The summed E-state index contributed by atoms with van der Waals surface area (Å²) in [7, 11) is 1.47. The minimum atomic E-state index is -4.38. The Morgan fingerprint density at radius 2 is 0.871 bits per heavy atom. The Morgan fingerprint density at radius 3 is 1.27 bits per heavy atom. The fraction of sp³-hybridized carbons (Fsp3) is 0.808. The van der Waals surface area contributed by atoms with Crippen LogP contribution in [-0.4, -0.2) is 74.9 Å². The number of phosphoric ester groups is 1. The number of carbonyl (C=O) groups excluding carboxylic acids is 2. The van der Waals surface area contributed by atoms with Crippen LogP contribution in [-0.2, 0) is 32.7 Å². The summed E-state index contributed by atoms with van der Waals surface area (Å²) in [6.07, 6.45) is 52.9. The SMILES string of the molecule is CCCCC/C=C\C/C=C\CCCCCCCCCCCC(=O)OC[C@H](COP(=O)(O)OCC[N+](C)(C)C)OC(=O)CCCCCCCCCCC/C=C\C/C=C\CCCCC. The third-order valence-corrected chi connectivity index (χ3v) is 11.8. The number of esters is 2. The molecule has 0 heterocycles. The van der Waals surface area contributed by atoms with Gasteiger partial charge in [-0.3, -0.25) is 18.6 Å². The number of likely N-dealkylation sites (N-methyl/N-ethyl adjacent to an activating group) is 1. The maximum absolute atomic E-state index is 12.8. The molecule has 0 fully saturated rings. The first-order valence-corrected chi connectivity index (χ1v) is 26.9. The fourth-order valence-electron chi connectivity index (χ4n) is 6.84. The average Bonchev–Trinajstić information content (AvgIpc) is 3.23. The first kappa shape index (κ1) is 60.0. The summed E-state index contributed by atoms with van der Waals surface area (Å²) < 4.78 is 34.4. The van der Waals surface area contributed by atoms with Crippen molar-refractivity contribution in [3.8, 4) is 0 Å². The zero-order valence-electron chi connectivity index (χ0n) is 40.9. The van der Waals surface area contributed by atoms with Gasteiger partial charge in [0.1, 0.15) is 19.8 Å². The van der Waals surface area contributed by atoms with E-state index in [1.807, 2.05) is 21.1 Å². The monoisotopic (exact) mass is 895 g/mol. The first-order valence-electron chi connectivity index (χ1n) is 25.4. The van der Waals surface area contributed by atoms with Gasteiger partial charge in [-0.05, 0) is 77.0 Å². The summed E-state index contributed by atoms with van der Waals surface area (Å²) in [4.78, 5) is 35.5. The molecule has 0 aromatic heterocycles. The highest BCUT2D eigenvalue weighted by atomic mass is 31.2. The van der Waals surface area contributed by atoms with Gasteiger partial charge in [0.2, 0.25) is 0 Å². The molecule has 0 aromatic carbocycles. The Labute approximate surface area is 382 Å². The number of hydrogen-bond acceptors (Lipinski definition) is 7. The largest absolute Gasteiger partial charge is 0.472 e. The summed E-state index contributed by atoms with van der Waals surface area (Å²) in [6.45, 7) is 4.38. The van der Waals surface area contributed by atoms with Crippen LogP contribution in [0.5, 0.6) is 0 Å². The Morgan fingerprint density at radius 1 is 0.500 bits per heavy atom. The molecule has 2 atom stereocenters. The van der Waals surface area contributed by atoms with Crippen molar-refractivity contribution in [2.75, 3.05) is 47.5 Å². The number of quaternary nitrogens is 1. The number of unbranched alkanes of at least 4 members (excludes halogenated alkanes) is 24. The van der Waals surface area contributed by atoms with Crippen LogP contribution >= 0.6 is 7.82 Å². The minimum Gasteiger partial charge on any atom is -0.462 e. The fourth-order valence-corrected chi connectivity index (χ4v) is 7.58. The van der Waals surface area contributed by atoms with Crippen molar-refractivity contribution in [2.45, 2.75) is 225 Å². The number of ether oxygens (including phenoxy) is 2. The molecule has 0 rings (SSSR count). The molecule has 0 spiro atoms. The van der Waals surface area contributed by atoms with Gasteiger partial charge in [-0.25, -0.2) is 4.57 Å². The molecule has 10 heteroatoms. The topological polar surface area (TPSA) is 108 Å². The van der Waals surface area contributed by atoms with Crippen LogP contribution in [0.25, 0.3) is 0 Å². The Kier molecular flexibility index (Phi) is 42.7. The number of carbonyl (C=O) groups is 2. The van der Waals surface area contributed by atoms with E-state index in [9.17, 15) is 19.0 Å². The molecule has 0 saturated carbocycles. The Balaban J connectivity index is 4.27. The van der Waals surface area contributed by atoms with Crippen molar-refractivity contribution in [2.24, 2.45) is 0 Å². The van der Waals surface area contributed by atoms with Crippen molar-refractivity contribution < 1.29 is 42.1 Å². The van der Waals surface area contributed by atoms with Gasteiger partial charge in [0, 0.05) is 12.8 Å². The lowest BCUT2D eigenvalue weighted by Gasteiger charge is -2.24. The predicted octanol–water partition coefficient (Wildman–Crippen LogP) is 15.0. The van der Waals surface area contributed by atoms with E-state index < -0.39 is 26.5 Å². The lowest BCUT2D eigenvalue weighted by molar-refractivity contribution is -0.870. The van der Waals surface area contributed by atoms with Crippen LogP contribution in [0.3, 0.4) is 0 Å². The van der Waals surface area contributed by atoms with E-state index in [1.54, 1.807) is 0 Å². The molecule has 9 nitrogen and oxygen atoms in total. The van der Waals surface area contributed by atoms with Crippen LogP contribution in [0.1, 0.15) is 219 Å². The number of hydrogen-bond donors (Lipinski definition) is 1. The van der Waals surface area contributed by atoms with Gasteiger partial charge in [-0.1, -0.05) is 178 Å². The lowest BCUT2D eigenvalue weighted by Crippen LogP contribution is -2.37. The van der Waals surface area contributed by atoms with E-state index in [0.717, 1.165) is 57.8 Å². The van der Waals surface area contributed by atoms with Gasteiger partial charge in [-0.15, -0.1) is 0 Å². The predicted molar refractivity (Wildman–Crippen MR) is 261 cm³/mol. The molecule has 62 heavy (non-hydrogen) atoms. The van der Waals surface area contributed by atoms with Gasteiger partial charge in [0.05, 0.1) is 27.7 Å². The van der Waals surface area contributed by atoms with Gasteiger partial charge in [-0.2, -0.15) is 0 Å². The van der Waals surface area contributed by atoms with Crippen molar-refractivity contribution >= 4 is 19.8 Å². The van der Waals surface area contributed by atoms with E-state index in [1.165, 1.54) is 128 Å². The molecule has 0 aliphatic rings. The maximum atomic E-state index is 12.8. The lowest BCUT2D eigenvalue weighted by atomic mass is 10.1. The van der Waals surface area contributed by atoms with Crippen molar-refractivity contribution in [3.63, 3.8) is 0 Å². The third kappa shape index (κ3) is 47.4. The van der Waals surface area contributed by atoms with Crippen molar-refractivity contribution in [1.29, 1.82) is 0 Å². The number of allylic oxidation sites excluding steroid dienone is 8. The van der Waals surface area contributed by atoms with E-state index in [0.29, 0.717) is 17.4 Å². The molecule has 1 N–H and O–H groups in total. The van der Waals surface area contributed by atoms with Crippen molar-refractivity contribution in [1.82, 2.24) is 0 Å². The molecule has 0 bridgehead atoms. The second kappa shape index (κ2) is 44.2. The summed E-state index contributed by atoms with van der Waals surface area (Å²) in [5, 5.41) is 0. The van der Waals surface area contributed by atoms with Crippen LogP contribution in [0, 0.1) is 0 Å². The smallest absolute Gasteiger partial charge is 0.462 e. The second-order valence-corrected chi connectivity index (χ2v) is 19.6. The van der Waals surface area contributed by atoms with Crippen LogP contribution in [0.4, 0.5) is 0 Å². The minimum absolute atomic E-state index is 0.0292. The molecule has 362 valence electrons. The van der Waals surface area contributed by atoms with Crippen LogP contribution in [0.2, 0.25) is 0 Å². The standard InChI is InChI=1S/C52H96NO8P/c1-6-8-10-12-14-16-18-20-22-24-26-28-30-32-34-36-38-40-42-44-51(54)58-48-50(49-60-62(56,57)59-47-46-53(3,4)5)61-52(55)45-43-41-39-37-35-33-31-29-27-25-23-21-19-17-15-13-11-9-7-2/h14-17,20-23,50H,6-13,18-19,24-49H2,1-5H3/p+1/b16-14-,17-15-,22-20-,23-21-/t50-/m1/s1. The molecule has 0 aliphatic heterocycles. The first-order chi connectivity index (χ1) is 30.0. The molecular weight excluding hydrogens is 798 g/mol. The van der Waals surface area contributed by atoms with Gasteiger partial charge < -0.3 is 18.9 Å². The average molecular weight is 895 g/mol. The summed E-state index contributed by atoms with van der Waals surface area (Å²) in [6, 6.07) is 0. The molecule has 0 amide bonds. The highest BCUT2D eigenvalue weighted by molar-refractivity contribution is 7.47.